The van der Waals surface area contributed by atoms with Crippen LogP contribution >= 0.6 is 11.9 Å². The maximum atomic E-state index is 14.2. The van der Waals surface area contributed by atoms with E-state index in [2.05, 4.69) is 5.32 Å². The van der Waals surface area contributed by atoms with Gasteiger partial charge in [-0.2, -0.15) is 0 Å². The molecule has 0 aromatic heterocycles. The third-order valence-corrected chi connectivity index (χ3v) is 6.17. The monoisotopic (exact) mass is 435 g/mol. The normalized spacial score (nSPS) is 14.6. The highest BCUT2D eigenvalue weighted by molar-refractivity contribution is 7.97. The number of fused-ring (bicyclic) bond motifs is 2. The number of aliphatic hydroxyl groups is 1. The molecule has 2 aliphatic carbocycles. The zero-order chi connectivity index (χ0) is 22.1. The Balaban J connectivity index is 0.000000178. The van der Waals surface area contributed by atoms with Gasteiger partial charge in [-0.25, -0.2) is 13.6 Å². The van der Waals surface area contributed by atoms with Gasteiger partial charge >= 0.3 is 6.03 Å². The van der Waals surface area contributed by atoms with Crippen molar-refractivity contribution in [1.82, 2.24) is 0 Å². The number of amides is 2. The van der Waals surface area contributed by atoms with Crippen LogP contribution in [0.2, 0.25) is 0 Å². The van der Waals surface area contributed by atoms with E-state index in [1.807, 2.05) is 0 Å². The number of carbonyl (C=O) groups is 1. The van der Waals surface area contributed by atoms with Crippen LogP contribution in [0.4, 0.5) is 19.3 Å². The molecule has 2 aromatic rings. The summed E-state index contributed by atoms with van der Waals surface area (Å²) in [7, 11) is 0. The van der Waals surface area contributed by atoms with Crippen LogP contribution in [0, 0.1) is 11.6 Å². The van der Waals surface area contributed by atoms with Crippen LogP contribution in [-0.2, 0) is 31.3 Å². The fourth-order valence-corrected chi connectivity index (χ4v) is 4.46. The number of rotatable bonds is 3. The predicted molar refractivity (Wildman–Crippen MR) is 115 cm³/mol. The van der Waals surface area contributed by atoms with Gasteiger partial charge in [-0.05, 0) is 104 Å². The molecular weight excluding hydrogens is 408 g/mol. The lowest BCUT2D eigenvalue weighted by Gasteiger charge is -2.17. The Hall–Kier alpha value is -2.16. The third kappa shape index (κ3) is 4.61. The highest BCUT2D eigenvalue weighted by Crippen LogP contribution is 2.40. The Morgan fingerprint density at radius 2 is 1.60 bits per heavy atom. The molecule has 0 aliphatic heterocycles. The van der Waals surface area contributed by atoms with Gasteiger partial charge in [0.15, 0.2) is 0 Å². The van der Waals surface area contributed by atoms with Gasteiger partial charge in [0.25, 0.3) is 0 Å². The number of carbonyl (C=O) groups excluding carboxylic acids is 1. The van der Waals surface area contributed by atoms with Crippen LogP contribution < -0.4 is 16.2 Å². The number of nitrogens with two attached hydrogens (primary N) is 2. The van der Waals surface area contributed by atoms with E-state index < -0.39 is 17.4 Å². The zero-order valence-corrected chi connectivity index (χ0v) is 18.0. The van der Waals surface area contributed by atoms with E-state index in [1.165, 1.54) is 6.07 Å². The molecule has 0 bridgehead atoms. The Labute approximate surface area is 179 Å². The van der Waals surface area contributed by atoms with Crippen molar-refractivity contribution < 1.29 is 18.7 Å². The standard InChI is InChI=1S/C13H15FN2O.C9H12FNOS/c14-11-7-3-1-5-9(7)12(16-13(15)17)10-6-2-4-8(10)11;1-9(2,12)6-3-4-8(13-11)7(10)5-6/h1-6H2,(H3,15,16,17);3-5,12H,11H2,1-2H3. The number of nitrogens with one attached hydrogen (secondary N) is 1. The van der Waals surface area contributed by atoms with Crippen molar-refractivity contribution in [3.8, 4) is 0 Å². The average Bonchev–Trinajstić information content (AvgIpc) is 3.34. The number of halogens is 2. The second-order valence-corrected chi connectivity index (χ2v) is 8.80. The molecule has 2 aliphatic rings. The second-order valence-electron chi connectivity index (χ2n) is 8.12. The number of hydrogen-bond donors (Lipinski definition) is 4. The summed E-state index contributed by atoms with van der Waals surface area (Å²) in [6.45, 7) is 3.22. The molecule has 8 heteroatoms. The SMILES string of the molecule is CC(C)(O)c1ccc(SN)c(F)c1.NC(=O)Nc1c2c(c(F)c3c1CCC3)CCC2. The minimum absolute atomic E-state index is 0.0278. The van der Waals surface area contributed by atoms with Crippen LogP contribution in [0.1, 0.15) is 54.5 Å². The van der Waals surface area contributed by atoms with Gasteiger partial charge in [-0.1, -0.05) is 6.07 Å². The molecule has 0 fully saturated rings. The van der Waals surface area contributed by atoms with Crippen LogP contribution in [0.3, 0.4) is 0 Å². The van der Waals surface area contributed by atoms with Crippen LogP contribution in [0.25, 0.3) is 0 Å². The van der Waals surface area contributed by atoms with Gasteiger partial charge in [0.05, 0.1) is 10.5 Å². The van der Waals surface area contributed by atoms with Crippen molar-refractivity contribution in [2.24, 2.45) is 10.9 Å². The molecule has 0 saturated heterocycles. The number of primary amides is 1. The first-order chi connectivity index (χ1) is 14.1. The van der Waals surface area contributed by atoms with E-state index in [1.54, 1.807) is 26.0 Å². The van der Waals surface area contributed by atoms with Crippen LogP contribution in [-0.4, -0.2) is 11.1 Å². The van der Waals surface area contributed by atoms with Gasteiger partial charge in [-0.15, -0.1) is 0 Å². The first-order valence-corrected chi connectivity index (χ1v) is 10.8. The quantitative estimate of drug-likeness (QED) is 0.540. The first kappa shape index (κ1) is 22.5. The smallest absolute Gasteiger partial charge is 0.316 e. The Morgan fingerprint density at radius 1 is 1.07 bits per heavy atom. The number of hydrogen-bond acceptors (Lipinski definition) is 4. The summed E-state index contributed by atoms with van der Waals surface area (Å²) < 4.78 is 27.4. The molecule has 0 heterocycles. The average molecular weight is 436 g/mol. The second kappa shape index (κ2) is 8.91. The van der Waals surface area contributed by atoms with Crippen LogP contribution in [0.5, 0.6) is 0 Å². The molecule has 0 spiro atoms. The predicted octanol–water partition coefficient (Wildman–Crippen LogP) is 4.31. The minimum atomic E-state index is -1.02. The molecule has 0 saturated carbocycles. The van der Waals surface area contributed by atoms with Crippen molar-refractivity contribution in [2.45, 2.75) is 62.9 Å². The summed E-state index contributed by atoms with van der Waals surface area (Å²) in [6, 6.07) is 3.97. The first-order valence-electron chi connectivity index (χ1n) is 9.94. The van der Waals surface area contributed by atoms with Gasteiger partial charge < -0.3 is 16.2 Å². The lowest BCUT2D eigenvalue weighted by Crippen LogP contribution is -2.21. The highest BCUT2D eigenvalue weighted by Gasteiger charge is 2.29. The molecule has 0 radical (unpaired) electrons. The maximum absolute atomic E-state index is 14.2. The fourth-order valence-electron chi connectivity index (χ4n) is 4.14. The van der Waals surface area contributed by atoms with E-state index in [4.69, 9.17) is 10.9 Å². The summed E-state index contributed by atoms with van der Waals surface area (Å²) in [5.74, 6) is -0.424. The Bertz CT molecular complexity index is 939. The van der Waals surface area contributed by atoms with Gasteiger partial charge in [0.2, 0.25) is 0 Å². The summed E-state index contributed by atoms with van der Waals surface area (Å²) in [6.07, 6.45) is 5.17. The molecule has 5 nitrogen and oxygen atoms in total. The molecule has 4 rings (SSSR count). The summed E-state index contributed by atoms with van der Waals surface area (Å²) >= 11 is 0.858. The summed E-state index contributed by atoms with van der Waals surface area (Å²) in [5.41, 5.74) is 9.09. The lowest BCUT2D eigenvalue weighted by atomic mass is 9.98. The fraction of sp³-hybridized carbons (Fsp3) is 0.409. The van der Waals surface area contributed by atoms with Gasteiger partial charge in [-0.3, -0.25) is 5.14 Å². The molecule has 0 atom stereocenters. The Morgan fingerprint density at radius 3 is 2.03 bits per heavy atom. The number of urea groups is 1. The minimum Gasteiger partial charge on any atom is -0.386 e. The lowest BCUT2D eigenvalue weighted by molar-refractivity contribution is 0.0781. The van der Waals surface area contributed by atoms with Gasteiger partial charge in [0.1, 0.15) is 11.6 Å². The topological polar surface area (TPSA) is 101 Å². The Kier molecular flexibility index (Phi) is 6.69. The number of anilines is 1. The molecule has 6 N–H and O–H groups in total. The van der Waals surface area contributed by atoms with Crippen molar-refractivity contribution in [3.63, 3.8) is 0 Å². The van der Waals surface area contributed by atoms with Crippen molar-refractivity contribution in [2.75, 3.05) is 5.32 Å². The zero-order valence-electron chi connectivity index (χ0n) is 17.1. The largest absolute Gasteiger partial charge is 0.386 e. The van der Waals surface area contributed by atoms with E-state index in [-0.39, 0.29) is 5.82 Å². The summed E-state index contributed by atoms with van der Waals surface area (Å²) in [5, 5.41) is 17.5. The molecule has 2 amide bonds. The van der Waals surface area contributed by atoms with Crippen LogP contribution in [0.15, 0.2) is 23.1 Å². The van der Waals surface area contributed by atoms with Crippen molar-refractivity contribution in [3.05, 3.63) is 57.7 Å². The van der Waals surface area contributed by atoms with E-state index in [0.29, 0.717) is 10.5 Å². The van der Waals surface area contributed by atoms with Crippen molar-refractivity contribution >= 4 is 23.7 Å². The molecule has 2 aromatic carbocycles. The molecule has 30 heavy (non-hydrogen) atoms. The molecule has 162 valence electrons. The van der Waals surface area contributed by atoms with E-state index in [0.717, 1.165) is 78.4 Å². The van der Waals surface area contributed by atoms with Crippen molar-refractivity contribution in [1.29, 1.82) is 0 Å². The van der Waals surface area contributed by atoms with E-state index >= 15 is 0 Å². The van der Waals surface area contributed by atoms with E-state index in [9.17, 15) is 18.7 Å². The highest BCUT2D eigenvalue weighted by atomic mass is 32.2. The molecule has 0 unspecified atom stereocenters. The van der Waals surface area contributed by atoms with Gasteiger partial charge in [0, 0.05) is 5.69 Å². The summed E-state index contributed by atoms with van der Waals surface area (Å²) in [4.78, 5) is 11.5. The number of benzene rings is 2. The maximum Gasteiger partial charge on any atom is 0.316 e. The third-order valence-electron chi connectivity index (χ3n) is 5.58. The molecular formula is C22H27F2N3O2S.